The minimum absolute atomic E-state index is 0.0132. The standard InChI is InChI=1S/C14H20N2O3S/c1-10-8-11(4-5-12(10)15-3)13(17)16-14(2)6-7-20(18,19)9-14/h4-5,8,15H,6-7,9H2,1-3H3,(H,16,17). The van der Waals surface area contributed by atoms with Crippen LogP contribution in [0.4, 0.5) is 5.69 Å². The van der Waals surface area contributed by atoms with Gasteiger partial charge in [0.25, 0.3) is 5.91 Å². The maximum Gasteiger partial charge on any atom is 0.251 e. The summed E-state index contributed by atoms with van der Waals surface area (Å²) in [4.78, 5) is 12.2. The molecular formula is C14H20N2O3S. The first kappa shape index (κ1) is 14.8. The van der Waals surface area contributed by atoms with Gasteiger partial charge in [-0.1, -0.05) is 0 Å². The van der Waals surface area contributed by atoms with Crippen LogP contribution < -0.4 is 10.6 Å². The summed E-state index contributed by atoms with van der Waals surface area (Å²) < 4.78 is 23.1. The monoisotopic (exact) mass is 296 g/mol. The molecule has 1 aliphatic heterocycles. The number of rotatable bonds is 3. The number of sulfone groups is 1. The van der Waals surface area contributed by atoms with Crippen LogP contribution in [0.3, 0.4) is 0 Å². The highest BCUT2D eigenvalue weighted by atomic mass is 32.2. The molecule has 1 atom stereocenters. The van der Waals surface area contributed by atoms with E-state index >= 15 is 0 Å². The Hall–Kier alpha value is -1.56. The van der Waals surface area contributed by atoms with E-state index < -0.39 is 15.4 Å². The molecule has 2 rings (SSSR count). The van der Waals surface area contributed by atoms with Gasteiger partial charge in [-0.05, 0) is 44.0 Å². The number of carbonyl (C=O) groups is 1. The predicted molar refractivity (Wildman–Crippen MR) is 79.9 cm³/mol. The lowest BCUT2D eigenvalue weighted by Crippen LogP contribution is -2.46. The van der Waals surface area contributed by atoms with Gasteiger partial charge in [0.2, 0.25) is 0 Å². The Kier molecular flexibility index (Phi) is 3.77. The van der Waals surface area contributed by atoms with Crippen molar-refractivity contribution in [3.63, 3.8) is 0 Å². The number of amides is 1. The number of benzene rings is 1. The number of nitrogens with one attached hydrogen (secondary N) is 2. The molecule has 0 bridgehead atoms. The first-order chi connectivity index (χ1) is 9.25. The summed E-state index contributed by atoms with van der Waals surface area (Å²) in [6, 6.07) is 5.38. The lowest BCUT2D eigenvalue weighted by molar-refractivity contribution is 0.0915. The van der Waals surface area contributed by atoms with E-state index in [0.717, 1.165) is 11.3 Å². The number of aryl methyl sites for hydroxylation is 1. The van der Waals surface area contributed by atoms with E-state index in [2.05, 4.69) is 10.6 Å². The van der Waals surface area contributed by atoms with E-state index in [1.807, 2.05) is 20.0 Å². The van der Waals surface area contributed by atoms with E-state index in [9.17, 15) is 13.2 Å². The molecule has 1 aliphatic rings. The Morgan fingerprint density at radius 1 is 1.35 bits per heavy atom. The van der Waals surface area contributed by atoms with Crippen molar-refractivity contribution in [1.82, 2.24) is 5.32 Å². The van der Waals surface area contributed by atoms with E-state index in [4.69, 9.17) is 0 Å². The normalized spacial score (nSPS) is 24.4. The zero-order valence-corrected chi connectivity index (χ0v) is 12.8. The van der Waals surface area contributed by atoms with Gasteiger partial charge in [-0.3, -0.25) is 4.79 Å². The zero-order chi connectivity index (χ0) is 15.0. The van der Waals surface area contributed by atoms with Gasteiger partial charge in [0.15, 0.2) is 9.84 Å². The second-order valence-electron chi connectivity index (χ2n) is 5.64. The quantitative estimate of drug-likeness (QED) is 0.882. The third kappa shape index (κ3) is 3.12. The molecule has 1 aromatic carbocycles. The highest BCUT2D eigenvalue weighted by Crippen LogP contribution is 2.24. The molecule has 1 heterocycles. The summed E-state index contributed by atoms with van der Waals surface area (Å²) in [5.74, 6) is -0.0729. The first-order valence-electron chi connectivity index (χ1n) is 6.56. The Morgan fingerprint density at radius 2 is 2.05 bits per heavy atom. The van der Waals surface area contributed by atoms with Gasteiger partial charge in [0.05, 0.1) is 17.0 Å². The van der Waals surface area contributed by atoms with Gasteiger partial charge in [-0.2, -0.15) is 0 Å². The van der Waals surface area contributed by atoms with E-state index in [1.54, 1.807) is 19.1 Å². The van der Waals surface area contributed by atoms with Crippen LogP contribution in [-0.2, 0) is 9.84 Å². The molecule has 1 saturated heterocycles. The van der Waals surface area contributed by atoms with E-state index in [1.165, 1.54) is 0 Å². The molecule has 0 aromatic heterocycles. The number of carbonyl (C=O) groups excluding carboxylic acids is 1. The van der Waals surface area contributed by atoms with Crippen molar-refractivity contribution in [2.75, 3.05) is 23.9 Å². The minimum Gasteiger partial charge on any atom is -0.388 e. The Balaban J connectivity index is 2.15. The van der Waals surface area contributed by atoms with Crippen LogP contribution in [0.15, 0.2) is 18.2 Å². The Labute approximate surface area is 119 Å². The van der Waals surface area contributed by atoms with Gasteiger partial charge >= 0.3 is 0 Å². The molecule has 0 radical (unpaired) electrons. The van der Waals surface area contributed by atoms with Crippen LogP contribution in [0.25, 0.3) is 0 Å². The van der Waals surface area contributed by atoms with Crippen LogP contribution in [0.5, 0.6) is 0 Å². The van der Waals surface area contributed by atoms with E-state index in [0.29, 0.717) is 12.0 Å². The average Bonchev–Trinajstić information content (AvgIpc) is 2.63. The van der Waals surface area contributed by atoms with Crippen molar-refractivity contribution in [2.45, 2.75) is 25.8 Å². The smallest absolute Gasteiger partial charge is 0.251 e. The number of hydrogen-bond acceptors (Lipinski definition) is 4. The summed E-state index contributed by atoms with van der Waals surface area (Å²) >= 11 is 0. The lowest BCUT2D eigenvalue weighted by atomic mass is 10.0. The molecule has 110 valence electrons. The molecule has 0 spiro atoms. The van der Waals surface area contributed by atoms with Crippen molar-refractivity contribution in [3.05, 3.63) is 29.3 Å². The molecule has 1 unspecified atom stereocenters. The van der Waals surface area contributed by atoms with Gasteiger partial charge < -0.3 is 10.6 Å². The van der Waals surface area contributed by atoms with Crippen LogP contribution in [0.2, 0.25) is 0 Å². The second-order valence-corrected chi connectivity index (χ2v) is 7.82. The number of hydrogen-bond donors (Lipinski definition) is 2. The van der Waals surface area contributed by atoms with Crippen LogP contribution in [0, 0.1) is 6.92 Å². The molecule has 0 saturated carbocycles. The van der Waals surface area contributed by atoms with Crippen molar-refractivity contribution in [3.8, 4) is 0 Å². The molecule has 20 heavy (non-hydrogen) atoms. The fraction of sp³-hybridized carbons (Fsp3) is 0.500. The summed E-state index contributed by atoms with van der Waals surface area (Å²) in [6.07, 6.45) is 0.467. The average molecular weight is 296 g/mol. The molecule has 6 heteroatoms. The first-order valence-corrected chi connectivity index (χ1v) is 8.38. The largest absolute Gasteiger partial charge is 0.388 e. The highest BCUT2D eigenvalue weighted by molar-refractivity contribution is 7.91. The number of anilines is 1. The third-order valence-electron chi connectivity index (χ3n) is 3.68. The third-order valence-corrected chi connectivity index (χ3v) is 5.58. The molecule has 5 nitrogen and oxygen atoms in total. The molecular weight excluding hydrogens is 276 g/mol. The summed E-state index contributed by atoms with van der Waals surface area (Å²) in [5, 5.41) is 5.90. The van der Waals surface area contributed by atoms with Crippen molar-refractivity contribution in [1.29, 1.82) is 0 Å². The van der Waals surface area contributed by atoms with Crippen molar-refractivity contribution < 1.29 is 13.2 Å². The summed E-state index contributed by atoms with van der Waals surface area (Å²) in [7, 11) is -1.20. The zero-order valence-electron chi connectivity index (χ0n) is 12.0. The Morgan fingerprint density at radius 3 is 2.55 bits per heavy atom. The lowest BCUT2D eigenvalue weighted by Gasteiger charge is -2.24. The minimum atomic E-state index is -3.03. The fourth-order valence-electron chi connectivity index (χ4n) is 2.54. The van der Waals surface area contributed by atoms with Gasteiger partial charge in [0.1, 0.15) is 0 Å². The van der Waals surface area contributed by atoms with Crippen molar-refractivity contribution >= 4 is 21.4 Å². The predicted octanol–water partition coefficient (Wildman–Crippen LogP) is 1.34. The van der Waals surface area contributed by atoms with Gasteiger partial charge in [0, 0.05) is 18.3 Å². The molecule has 0 aliphatic carbocycles. The van der Waals surface area contributed by atoms with Crippen LogP contribution >= 0.6 is 0 Å². The van der Waals surface area contributed by atoms with E-state index in [-0.39, 0.29) is 17.4 Å². The highest BCUT2D eigenvalue weighted by Gasteiger charge is 2.39. The maximum atomic E-state index is 12.2. The Bertz CT molecular complexity index is 640. The molecule has 1 amide bonds. The molecule has 1 fully saturated rings. The summed E-state index contributed by atoms with van der Waals surface area (Å²) in [6.45, 7) is 3.70. The molecule has 2 N–H and O–H groups in total. The van der Waals surface area contributed by atoms with Gasteiger partial charge in [-0.25, -0.2) is 8.42 Å². The summed E-state index contributed by atoms with van der Waals surface area (Å²) in [5.41, 5.74) is 1.83. The van der Waals surface area contributed by atoms with Gasteiger partial charge in [-0.15, -0.1) is 0 Å². The van der Waals surface area contributed by atoms with Crippen LogP contribution in [-0.4, -0.2) is 38.4 Å². The SMILES string of the molecule is CNc1ccc(C(=O)NC2(C)CCS(=O)(=O)C2)cc1C. The van der Waals surface area contributed by atoms with Crippen LogP contribution in [0.1, 0.15) is 29.3 Å². The molecule has 1 aromatic rings. The second kappa shape index (κ2) is 5.09. The topological polar surface area (TPSA) is 75.3 Å². The fourth-order valence-corrected chi connectivity index (χ4v) is 4.63. The maximum absolute atomic E-state index is 12.2. The van der Waals surface area contributed by atoms with Crippen molar-refractivity contribution in [2.24, 2.45) is 0 Å².